The monoisotopic (exact) mass is 413 g/mol. The highest BCUT2D eigenvalue weighted by molar-refractivity contribution is 8.00. The first-order chi connectivity index (χ1) is 12.7. The molecule has 0 spiro atoms. The highest BCUT2D eigenvalue weighted by Crippen LogP contribution is 2.30. The molecule has 0 radical (unpaired) electrons. The van der Waals surface area contributed by atoms with E-state index >= 15 is 0 Å². The molecule has 2 aromatic heterocycles. The molecule has 0 aliphatic heterocycles. The summed E-state index contributed by atoms with van der Waals surface area (Å²) < 4.78 is 3.59. The fraction of sp³-hybridized carbons (Fsp3) is 0.105. The van der Waals surface area contributed by atoms with Crippen molar-refractivity contribution in [3.05, 3.63) is 75.2 Å². The zero-order valence-corrected chi connectivity index (χ0v) is 17.2. The largest absolute Gasteiger partial charge is 0.240 e. The lowest BCUT2D eigenvalue weighted by molar-refractivity contribution is 0.823. The van der Waals surface area contributed by atoms with Crippen molar-refractivity contribution >= 4 is 46.7 Å². The quantitative estimate of drug-likeness (QED) is 0.280. The molecule has 0 aliphatic carbocycles. The number of hydrogen-bond acceptors (Lipinski definition) is 6. The second-order valence-electron chi connectivity index (χ2n) is 5.63. The van der Waals surface area contributed by atoms with Crippen LogP contribution in [0.15, 0.2) is 64.3 Å². The van der Waals surface area contributed by atoms with Gasteiger partial charge in [-0.15, -0.1) is 16.4 Å². The topological polar surface area (TPSA) is 30.7 Å². The summed E-state index contributed by atoms with van der Waals surface area (Å²) in [5.74, 6) is 0.791. The Morgan fingerprint density at radius 2 is 1.85 bits per heavy atom. The van der Waals surface area contributed by atoms with Crippen molar-refractivity contribution in [3.8, 4) is 16.3 Å². The summed E-state index contributed by atoms with van der Waals surface area (Å²) in [6.07, 6.45) is 0. The molecule has 0 amide bonds. The molecule has 2 heterocycles. The third-order valence-electron chi connectivity index (χ3n) is 3.79. The maximum Gasteiger partial charge on any atom is 0.184 e. The summed E-state index contributed by atoms with van der Waals surface area (Å²) in [6, 6.07) is 18.4. The minimum atomic E-state index is 0.769. The van der Waals surface area contributed by atoms with Crippen LogP contribution in [-0.4, -0.2) is 14.8 Å². The van der Waals surface area contributed by atoms with Crippen LogP contribution in [0, 0.1) is 10.9 Å². The molecule has 0 fully saturated rings. The highest BCUT2D eigenvalue weighted by Gasteiger charge is 2.10. The van der Waals surface area contributed by atoms with Gasteiger partial charge in [-0.05, 0) is 30.8 Å². The van der Waals surface area contributed by atoms with Crippen molar-refractivity contribution in [2.45, 2.75) is 17.0 Å². The predicted molar refractivity (Wildman–Crippen MR) is 114 cm³/mol. The van der Waals surface area contributed by atoms with E-state index in [2.05, 4.69) is 30.5 Å². The minimum absolute atomic E-state index is 0.769. The second-order valence-corrected chi connectivity index (χ2v) is 9.33. The molecule has 2 aromatic carbocycles. The van der Waals surface area contributed by atoms with Gasteiger partial charge >= 0.3 is 0 Å². The van der Waals surface area contributed by atoms with Crippen LogP contribution in [0.4, 0.5) is 0 Å². The molecule has 0 N–H and O–H groups in total. The van der Waals surface area contributed by atoms with Crippen molar-refractivity contribution in [1.82, 2.24) is 14.8 Å². The molecule has 0 atom stereocenters. The maximum atomic E-state index is 5.51. The van der Waals surface area contributed by atoms with Gasteiger partial charge in [-0.1, -0.05) is 71.6 Å². The van der Waals surface area contributed by atoms with Gasteiger partial charge in [-0.3, -0.25) is 0 Å². The fourth-order valence-electron chi connectivity index (χ4n) is 2.49. The van der Waals surface area contributed by atoms with E-state index in [9.17, 15) is 0 Å². The van der Waals surface area contributed by atoms with Crippen LogP contribution in [0.2, 0.25) is 0 Å². The van der Waals surface area contributed by atoms with Crippen LogP contribution < -0.4 is 0 Å². The standard InChI is InChI=1S/C19H15N3S4/c1-13-7-5-6-10-16(13)22-19(23)26-18(21-22)25-12-15-11-24-17(20-15)14-8-3-2-4-9-14/h2-11H,12H2,1H3. The van der Waals surface area contributed by atoms with Gasteiger partial charge in [0.25, 0.3) is 0 Å². The lowest BCUT2D eigenvalue weighted by Gasteiger charge is -2.03. The molecule has 0 aliphatic rings. The molecular formula is C19H15N3S4. The first kappa shape index (κ1) is 17.6. The van der Waals surface area contributed by atoms with E-state index in [0.29, 0.717) is 0 Å². The Morgan fingerprint density at radius 1 is 1.08 bits per heavy atom. The lowest BCUT2D eigenvalue weighted by atomic mass is 10.2. The Bertz CT molecular complexity index is 1080. The van der Waals surface area contributed by atoms with Crippen molar-refractivity contribution in [2.24, 2.45) is 0 Å². The number of nitrogens with zero attached hydrogens (tertiary/aromatic N) is 3. The number of aromatic nitrogens is 3. The normalized spacial score (nSPS) is 11.0. The fourth-order valence-corrected chi connectivity index (χ4v) is 5.67. The number of aryl methyl sites for hydroxylation is 1. The molecule has 0 unspecified atom stereocenters. The average molecular weight is 414 g/mol. The molecule has 0 saturated carbocycles. The smallest absolute Gasteiger partial charge is 0.184 e. The predicted octanol–water partition coefficient (Wildman–Crippen LogP) is 6.39. The van der Waals surface area contributed by atoms with Gasteiger partial charge in [-0.25, -0.2) is 9.67 Å². The van der Waals surface area contributed by atoms with E-state index in [1.165, 1.54) is 0 Å². The van der Waals surface area contributed by atoms with Crippen molar-refractivity contribution in [3.63, 3.8) is 0 Å². The summed E-state index contributed by atoms with van der Waals surface area (Å²) in [4.78, 5) is 4.74. The van der Waals surface area contributed by atoms with Crippen molar-refractivity contribution in [1.29, 1.82) is 0 Å². The van der Waals surface area contributed by atoms with Crippen LogP contribution >= 0.6 is 46.7 Å². The third kappa shape index (κ3) is 3.81. The molecule has 3 nitrogen and oxygen atoms in total. The molecule has 7 heteroatoms. The van der Waals surface area contributed by atoms with E-state index < -0.39 is 0 Å². The number of thioether (sulfide) groups is 1. The maximum absolute atomic E-state index is 5.51. The van der Waals surface area contributed by atoms with Gasteiger partial charge in [0.05, 0.1) is 11.4 Å². The molecule has 0 bridgehead atoms. The lowest BCUT2D eigenvalue weighted by Crippen LogP contribution is -1.98. The molecule has 130 valence electrons. The first-order valence-corrected chi connectivity index (χ1v) is 11.1. The minimum Gasteiger partial charge on any atom is -0.240 e. The van der Waals surface area contributed by atoms with Crippen molar-refractivity contribution < 1.29 is 0 Å². The number of rotatable bonds is 5. The molecule has 26 heavy (non-hydrogen) atoms. The summed E-state index contributed by atoms with van der Waals surface area (Å²) >= 11 is 10.4. The SMILES string of the molecule is Cc1ccccc1-n1nc(SCc2csc(-c3ccccc3)n2)sc1=S. The third-order valence-corrected chi connectivity index (χ3v) is 7.13. The van der Waals surface area contributed by atoms with E-state index in [1.54, 1.807) is 34.4 Å². The van der Waals surface area contributed by atoms with Crippen LogP contribution in [0.1, 0.15) is 11.3 Å². The van der Waals surface area contributed by atoms with Crippen LogP contribution in [0.25, 0.3) is 16.3 Å². The number of thiazole rings is 1. The number of hydrogen-bond donors (Lipinski definition) is 0. The molecular weight excluding hydrogens is 398 g/mol. The van der Waals surface area contributed by atoms with E-state index in [-0.39, 0.29) is 0 Å². The Kier molecular flexibility index (Phi) is 5.31. The summed E-state index contributed by atoms with van der Waals surface area (Å²) in [5.41, 5.74) is 4.44. The van der Waals surface area contributed by atoms with Crippen LogP contribution in [0.3, 0.4) is 0 Å². The van der Waals surface area contributed by atoms with Crippen LogP contribution in [-0.2, 0) is 5.75 Å². The summed E-state index contributed by atoms with van der Waals surface area (Å²) in [5, 5.41) is 7.86. The van der Waals surface area contributed by atoms with Gasteiger partial charge in [0.2, 0.25) is 0 Å². The van der Waals surface area contributed by atoms with E-state index in [0.717, 1.165) is 41.6 Å². The highest BCUT2D eigenvalue weighted by atomic mass is 32.2. The van der Waals surface area contributed by atoms with Gasteiger partial charge in [-0.2, -0.15) is 0 Å². The second kappa shape index (κ2) is 7.84. The van der Waals surface area contributed by atoms with Gasteiger partial charge in [0.1, 0.15) is 5.01 Å². The zero-order chi connectivity index (χ0) is 17.9. The van der Waals surface area contributed by atoms with E-state index in [1.807, 2.05) is 41.1 Å². The first-order valence-electron chi connectivity index (χ1n) is 7.99. The number of benzene rings is 2. The zero-order valence-electron chi connectivity index (χ0n) is 14.0. The van der Waals surface area contributed by atoms with E-state index in [4.69, 9.17) is 22.3 Å². The molecule has 4 rings (SSSR count). The van der Waals surface area contributed by atoms with Gasteiger partial charge < -0.3 is 0 Å². The average Bonchev–Trinajstić information content (AvgIpc) is 3.28. The summed E-state index contributed by atoms with van der Waals surface area (Å²) in [6.45, 7) is 2.07. The Morgan fingerprint density at radius 3 is 2.65 bits per heavy atom. The van der Waals surface area contributed by atoms with Gasteiger partial charge in [0, 0.05) is 16.7 Å². The van der Waals surface area contributed by atoms with Crippen LogP contribution in [0.5, 0.6) is 0 Å². The number of para-hydroxylation sites is 1. The Balaban J connectivity index is 1.50. The molecule has 4 aromatic rings. The Labute approximate surface area is 169 Å². The van der Waals surface area contributed by atoms with Gasteiger partial charge in [0.15, 0.2) is 8.29 Å². The summed E-state index contributed by atoms with van der Waals surface area (Å²) in [7, 11) is 0. The Hall–Kier alpha value is -1.80. The van der Waals surface area contributed by atoms with Crippen molar-refractivity contribution in [2.75, 3.05) is 0 Å². The molecule has 0 saturated heterocycles.